The number of nitrogens with zero attached hydrogens (tertiary/aromatic N) is 2. The summed E-state index contributed by atoms with van der Waals surface area (Å²) in [7, 11) is 0. The van der Waals surface area contributed by atoms with Gasteiger partial charge in [0.15, 0.2) is 0 Å². The lowest BCUT2D eigenvalue weighted by atomic mass is 9.91. The van der Waals surface area contributed by atoms with E-state index in [1.54, 1.807) is 0 Å². The molecule has 0 fully saturated rings. The number of benzene rings is 13. The van der Waals surface area contributed by atoms with Crippen LogP contribution in [0.25, 0.3) is 110 Å². The SMILES string of the molecule is c1ccc(-c2ccc(N(c3ccc(-c4cccc5c4oc4ccccc45)cc3)c3cccc4c3-c3cccc5c(N(c6ccc(-c7ccccc7)cc6)c6ccc(-c7cccc8c7oc7ccccc78)cc6)ccc(c35)O4)cc2)cc1. The van der Waals surface area contributed by atoms with E-state index in [9.17, 15) is 0 Å². The normalized spacial score (nSPS) is 11.8. The summed E-state index contributed by atoms with van der Waals surface area (Å²) in [5, 5.41) is 6.56. The number of hydrogen-bond donors (Lipinski definition) is 0. The molecule has 0 unspecified atom stereocenters. The Labute approximate surface area is 468 Å². The second kappa shape index (κ2) is 18.9. The van der Waals surface area contributed by atoms with Crippen LogP contribution in [0.15, 0.2) is 300 Å². The Morgan fingerprint density at radius 2 is 0.630 bits per heavy atom. The Morgan fingerprint density at radius 1 is 0.235 bits per heavy atom. The van der Waals surface area contributed by atoms with E-state index in [4.69, 9.17) is 13.6 Å². The standard InChI is InChI=1S/C76H48N2O3/c1-3-15-49(16-4-1)51-31-39-55(40-32-51)77(56-43-35-53(36-44-56)59-21-11-23-63-61-19-7-9-28-69(61)80-75(59)63)67-47-48-72-73-65(67)25-13-26-66(73)74-68(27-14-30-71(74)79-72)78(57-41-33-52(34-42-57)50-17-5-2-6-18-50)58-45-37-54(38-46-58)60-22-12-24-64-62-20-8-10-29-70(62)81-76(60)64/h1-48H. The summed E-state index contributed by atoms with van der Waals surface area (Å²) in [5.41, 5.74) is 20.7. The lowest BCUT2D eigenvalue weighted by molar-refractivity contribution is 0.487. The minimum Gasteiger partial charge on any atom is -0.456 e. The van der Waals surface area contributed by atoms with Gasteiger partial charge in [0.05, 0.1) is 11.4 Å². The quantitative estimate of drug-likeness (QED) is 0.137. The Bertz CT molecular complexity index is 4870. The topological polar surface area (TPSA) is 42.0 Å². The Morgan fingerprint density at radius 3 is 1.14 bits per heavy atom. The Balaban J connectivity index is 0.841. The van der Waals surface area contributed by atoms with E-state index < -0.39 is 0 Å². The number of ether oxygens (including phenoxy) is 1. The first-order chi connectivity index (χ1) is 40.2. The van der Waals surface area contributed by atoms with Gasteiger partial charge in [-0.25, -0.2) is 0 Å². The molecule has 0 atom stereocenters. The number of furan rings is 2. The van der Waals surface area contributed by atoms with Crippen molar-refractivity contribution in [3.05, 3.63) is 291 Å². The van der Waals surface area contributed by atoms with E-state index in [1.807, 2.05) is 24.3 Å². The molecule has 2 aromatic heterocycles. The van der Waals surface area contributed by atoms with Crippen LogP contribution in [0.4, 0.5) is 34.1 Å². The summed E-state index contributed by atoms with van der Waals surface area (Å²) >= 11 is 0. The van der Waals surface area contributed by atoms with Gasteiger partial charge in [0.2, 0.25) is 0 Å². The van der Waals surface area contributed by atoms with Gasteiger partial charge in [0.25, 0.3) is 0 Å². The van der Waals surface area contributed by atoms with E-state index in [0.29, 0.717) is 0 Å². The zero-order valence-electron chi connectivity index (χ0n) is 43.8. The molecule has 5 nitrogen and oxygen atoms in total. The van der Waals surface area contributed by atoms with Crippen molar-refractivity contribution in [2.45, 2.75) is 0 Å². The predicted molar refractivity (Wildman–Crippen MR) is 335 cm³/mol. The first kappa shape index (κ1) is 46.2. The molecule has 3 heterocycles. The van der Waals surface area contributed by atoms with E-state index in [1.165, 1.54) is 11.1 Å². The average Bonchev–Trinajstić information content (AvgIpc) is 4.23. The summed E-state index contributed by atoms with van der Waals surface area (Å²) in [4.78, 5) is 4.74. The summed E-state index contributed by atoms with van der Waals surface area (Å²) in [5.74, 6) is 1.60. The lowest BCUT2D eigenvalue weighted by Gasteiger charge is -2.32. The molecule has 0 saturated carbocycles. The number of hydrogen-bond acceptors (Lipinski definition) is 5. The largest absolute Gasteiger partial charge is 0.456 e. The molecular weight excluding hydrogens is 989 g/mol. The van der Waals surface area contributed by atoms with Crippen LogP contribution in [0.3, 0.4) is 0 Å². The maximum atomic E-state index is 7.10. The molecule has 0 amide bonds. The molecular formula is C76H48N2O3. The molecule has 15 aromatic rings. The van der Waals surface area contributed by atoms with Gasteiger partial charge < -0.3 is 23.4 Å². The molecule has 0 radical (unpaired) electrons. The van der Waals surface area contributed by atoms with Crippen LogP contribution in [0.1, 0.15) is 0 Å². The van der Waals surface area contributed by atoms with Crippen molar-refractivity contribution in [1.82, 2.24) is 0 Å². The van der Waals surface area contributed by atoms with Crippen molar-refractivity contribution >= 4 is 88.8 Å². The number of rotatable bonds is 10. The van der Waals surface area contributed by atoms with Gasteiger partial charge in [-0.2, -0.15) is 0 Å². The van der Waals surface area contributed by atoms with Crippen LogP contribution in [-0.2, 0) is 0 Å². The van der Waals surface area contributed by atoms with Gasteiger partial charge in [0.1, 0.15) is 33.8 Å². The monoisotopic (exact) mass is 1040 g/mol. The second-order valence-electron chi connectivity index (χ2n) is 20.7. The van der Waals surface area contributed by atoms with Crippen molar-refractivity contribution in [2.24, 2.45) is 0 Å². The number of fused-ring (bicyclic) bond motifs is 8. The van der Waals surface area contributed by atoms with Crippen molar-refractivity contribution < 1.29 is 13.6 Å². The van der Waals surface area contributed by atoms with E-state index in [0.717, 1.165) is 145 Å². The van der Waals surface area contributed by atoms with Gasteiger partial charge in [0, 0.05) is 71.8 Å². The Kier molecular flexibility index (Phi) is 10.8. The van der Waals surface area contributed by atoms with Gasteiger partial charge in [-0.05, 0) is 124 Å². The maximum absolute atomic E-state index is 7.10. The first-order valence-electron chi connectivity index (χ1n) is 27.5. The molecule has 0 bridgehead atoms. The minimum absolute atomic E-state index is 0.794. The molecule has 0 N–H and O–H groups in total. The molecule has 0 spiro atoms. The minimum atomic E-state index is 0.794. The zero-order valence-corrected chi connectivity index (χ0v) is 43.8. The predicted octanol–water partition coefficient (Wildman–Crippen LogP) is 22.0. The highest BCUT2D eigenvalue weighted by Gasteiger charge is 2.29. The van der Waals surface area contributed by atoms with Gasteiger partial charge in [-0.3, -0.25) is 0 Å². The van der Waals surface area contributed by atoms with Gasteiger partial charge in [-0.1, -0.05) is 206 Å². The fraction of sp³-hybridized carbons (Fsp3) is 0. The molecule has 1 aliphatic heterocycles. The average molecular weight is 1040 g/mol. The second-order valence-corrected chi connectivity index (χ2v) is 20.7. The summed E-state index contributed by atoms with van der Waals surface area (Å²) in [6, 6.07) is 103. The molecule has 0 aliphatic carbocycles. The fourth-order valence-electron chi connectivity index (χ4n) is 12.3. The molecule has 81 heavy (non-hydrogen) atoms. The van der Waals surface area contributed by atoms with Gasteiger partial charge >= 0.3 is 0 Å². The van der Waals surface area contributed by atoms with Gasteiger partial charge in [-0.15, -0.1) is 0 Å². The van der Waals surface area contributed by atoms with Crippen LogP contribution >= 0.6 is 0 Å². The zero-order chi connectivity index (χ0) is 53.4. The van der Waals surface area contributed by atoms with E-state index in [-0.39, 0.29) is 0 Å². The van der Waals surface area contributed by atoms with Crippen molar-refractivity contribution in [3.8, 4) is 67.1 Å². The Hall–Kier alpha value is -10.9. The molecule has 380 valence electrons. The van der Waals surface area contributed by atoms with E-state index >= 15 is 0 Å². The third-order valence-corrected chi connectivity index (χ3v) is 16.1. The smallest absolute Gasteiger partial charge is 0.143 e. The maximum Gasteiger partial charge on any atom is 0.143 e. The third-order valence-electron chi connectivity index (χ3n) is 16.1. The number of para-hydroxylation sites is 4. The first-order valence-corrected chi connectivity index (χ1v) is 27.5. The fourth-order valence-corrected chi connectivity index (χ4v) is 12.3. The number of anilines is 6. The van der Waals surface area contributed by atoms with Crippen molar-refractivity contribution in [2.75, 3.05) is 9.80 Å². The summed E-state index contributed by atoms with van der Waals surface area (Å²) in [6.45, 7) is 0. The van der Waals surface area contributed by atoms with Crippen molar-refractivity contribution in [1.29, 1.82) is 0 Å². The van der Waals surface area contributed by atoms with Crippen LogP contribution in [-0.4, -0.2) is 0 Å². The van der Waals surface area contributed by atoms with Crippen LogP contribution < -0.4 is 14.5 Å². The highest BCUT2D eigenvalue weighted by Crippen LogP contribution is 2.55. The third kappa shape index (κ3) is 7.78. The highest BCUT2D eigenvalue weighted by atomic mass is 16.5. The van der Waals surface area contributed by atoms with Crippen LogP contribution in [0.5, 0.6) is 11.5 Å². The van der Waals surface area contributed by atoms with Crippen LogP contribution in [0.2, 0.25) is 0 Å². The highest BCUT2D eigenvalue weighted by molar-refractivity contribution is 6.14. The van der Waals surface area contributed by atoms with Crippen LogP contribution in [0, 0.1) is 0 Å². The molecule has 0 saturated heterocycles. The lowest BCUT2D eigenvalue weighted by Crippen LogP contribution is -2.13. The summed E-state index contributed by atoms with van der Waals surface area (Å²) < 4.78 is 20.2. The molecule has 13 aromatic carbocycles. The molecule has 16 rings (SSSR count). The van der Waals surface area contributed by atoms with Crippen molar-refractivity contribution in [3.63, 3.8) is 0 Å². The summed E-state index contributed by atoms with van der Waals surface area (Å²) in [6.07, 6.45) is 0. The molecule has 1 aliphatic rings. The van der Waals surface area contributed by atoms with E-state index in [2.05, 4.69) is 277 Å². The molecule has 5 heteroatoms.